The molecule has 0 aliphatic heterocycles. The summed E-state index contributed by atoms with van der Waals surface area (Å²) < 4.78 is 0. The van der Waals surface area contributed by atoms with E-state index in [4.69, 9.17) is 0 Å². The van der Waals surface area contributed by atoms with Gasteiger partial charge in [-0.05, 0) is 50.0 Å². The lowest BCUT2D eigenvalue weighted by Crippen LogP contribution is -2.50. The van der Waals surface area contributed by atoms with E-state index in [0.29, 0.717) is 18.1 Å². The van der Waals surface area contributed by atoms with Crippen molar-refractivity contribution in [1.82, 2.24) is 5.32 Å². The summed E-state index contributed by atoms with van der Waals surface area (Å²) >= 11 is 1.57. The van der Waals surface area contributed by atoms with E-state index in [1.165, 1.54) is 0 Å². The average Bonchev–Trinajstić information content (AvgIpc) is 2.34. The Labute approximate surface area is 113 Å². The molecule has 0 spiro atoms. The molecule has 1 N–H and O–H groups in total. The van der Waals surface area contributed by atoms with Crippen LogP contribution in [0.5, 0.6) is 0 Å². The van der Waals surface area contributed by atoms with Crippen LogP contribution in [0.1, 0.15) is 39.0 Å². The number of hydrogen-bond donors (Lipinski definition) is 1. The fraction of sp³-hybridized carbons (Fsp3) is 0.846. The van der Waals surface area contributed by atoms with Crippen molar-refractivity contribution in [3.8, 4) is 0 Å². The molecule has 104 valence electrons. The van der Waals surface area contributed by atoms with Gasteiger partial charge in [-0.2, -0.15) is 11.8 Å². The average molecular weight is 272 g/mol. The topological polar surface area (TPSA) is 69.2 Å². The lowest BCUT2D eigenvalue weighted by molar-refractivity contribution is -0.308. The summed E-state index contributed by atoms with van der Waals surface area (Å²) in [6, 6.07) is -0.843. The summed E-state index contributed by atoms with van der Waals surface area (Å²) in [6.45, 7) is 2.19. The zero-order valence-corrected chi connectivity index (χ0v) is 11.9. The molecule has 5 heteroatoms. The highest BCUT2D eigenvalue weighted by Crippen LogP contribution is 2.28. The predicted octanol–water partition coefficient (Wildman–Crippen LogP) is 0.800. The van der Waals surface area contributed by atoms with Crippen LogP contribution in [-0.4, -0.2) is 29.9 Å². The van der Waals surface area contributed by atoms with Crippen molar-refractivity contribution in [2.75, 3.05) is 12.0 Å². The molecule has 1 rings (SSSR count). The van der Waals surface area contributed by atoms with Crippen molar-refractivity contribution in [3.05, 3.63) is 0 Å². The van der Waals surface area contributed by atoms with Crippen LogP contribution in [-0.2, 0) is 9.59 Å². The summed E-state index contributed by atoms with van der Waals surface area (Å²) in [4.78, 5) is 22.9. The van der Waals surface area contributed by atoms with Crippen LogP contribution in [0.2, 0.25) is 0 Å². The van der Waals surface area contributed by atoms with E-state index in [0.717, 1.165) is 25.7 Å². The number of carboxylic acids is 1. The first-order valence-electron chi connectivity index (χ1n) is 6.54. The van der Waals surface area contributed by atoms with E-state index in [9.17, 15) is 14.7 Å². The van der Waals surface area contributed by atoms with E-state index in [-0.39, 0.29) is 11.8 Å². The van der Waals surface area contributed by atoms with Gasteiger partial charge in [-0.3, -0.25) is 4.79 Å². The van der Waals surface area contributed by atoms with Crippen molar-refractivity contribution in [2.24, 2.45) is 11.8 Å². The summed E-state index contributed by atoms with van der Waals surface area (Å²) in [5.74, 6) is 0.0826. The molecule has 1 atom stereocenters. The van der Waals surface area contributed by atoms with Crippen molar-refractivity contribution >= 4 is 23.6 Å². The molecule has 1 saturated carbocycles. The smallest absolute Gasteiger partial charge is 0.223 e. The zero-order chi connectivity index (χ0) is 13.5. The fourth-order valence-corrected chi connectivity index (χ4v) is 2.77. The molecule has 0 unspecified atom stereocenters. The normalized spacial score (nSPS) is 25.4. The number of rotatable bonds is 6. The minimum atomic E-state index is -1.18. The number of carbonyl (C=O) groups excluding carboxylic acids is 2. The first kappa shape index (κ1) is 15.3. The highest BCUT2D eigenvalue weighted by atomic mass is 32.2. The fourth-order valence-electron chi connectivity index (χ4n) is 2.30. The van der Waals surface area contributed by atoms with E-state index in [1.807, 2.05) is 6.26 Å². The lowest BCUT2D eigenvalue weighted by atomic mass is 9.82. The molecule has 1 aliphatic carbocycles. The van der Waals surface area contributed by atoms with Gasteiger partial charge in [0.25, 0.3) is 0 Å². The predicted molar refractivity (Wildman–Crippen MR) is 71.1 cm³/mol. The number of hydrogen-bond acceptors (Lipinski definition) is 4. The third kappa shape index (κ3) is 4.88. The van der Waals surface area contributed by atoms with Crippen LogP contribution in [0.4, 0.5) is 0 Å². The van der Waals surface area contributed by atoms with Gasteiger partial charge in [0.05, 0.1) is 12.0 Å². The first-order chi connectivity index (χ1) is 8.54. The Kier molecular flexibility index (Phi) is 6.54. The minimum absolute atomic E-state index is 0.0164. The van der Waals surface area contributed by atoms with E-state index >= 15 is 0 Å². The maximum absolute atomic E-state index is 12.0. The molecule has 1 amide bonds. The van der Waals surface area contributed by atoms with Gasteiger partial charge in [-0.1, -0.05) is 6.92 Å². The van der Waals surface area contributed by atoms with Crippen molar-refractivity contribution < 1.29 is 14.7 Å². The minimum Gasteiger partial charge on any atom is -0.548 e. The highest BCUT2D eigenvalue weighted by Gasteiger charge is 2.26. The Bertz CT molecular complexity index is 288. The van der Waals surface area contributed by atoms with Gasteiger partial charge in [0, 0.05) is 5.92 Å². The summed E-state index contributed by atoms with van der Waals surface area (Å²) in [7, 11) is 0. The SMILES string of the molecule is CSCC[C@@H](NC(=O)C1CCC(C)CC1)C(=O)[O-]. The number of nitrogens with one attached hydrogen (secondary N) is 1. The maximum Gasteiger partial charge on any atom is 0.223 e. The Morgan fingerprint density at radius 3 is 2.44 bits per heavy atom. The van der Waals surface area contributed by atoms with Gasteiger partial charge < -0.3 is 15.2 Å². The number of carbonyl (C=O) groups is 2. The molecule has 1 aliphatic rings. The van der Waals surface area contributed by atoms with Gasteiger partial charge >= 0.3 is 0 Å². The van der Waals surface area contributed by atoms with Gasteiger partial charge in [-0.25, -0.2) is 0 Å². The van der Waals surface area contributed by atoms with Crippen LogP contribution in [0, 0.1) is 11.8 Å². The Hall–Kier alpha value is -0.710. The van der Waals surface area contributed by atoms with Crippen molar-refractivity contribution in [1.29, 1.82) is 0 Å². The molecule has 0 aromatic heterocycles. The first-order valence-corrected chi connectivity index (χ1v) is 7.94. The second-order valence-electron chi connectivity index (χ2n) is 5.12. The second-order valence-corrected chi connectivity index (χ2v) is 6.10. The van der Waals surface area contributed by atoms with Gasteiger partial charge in [0.2, 0.25) is 5.91 Å². The number of aliphatic carboxylic acids is 1. The van der Waals surface area contributed by atoms with Crippen LogP contribution >= 0.6 is 11.8 Å². The number of carboxylic acid groups (broad SMARTS) is 1. The Morgan fingerprint density at radius 2 is 1.94 bits per heavy atom. The maximum atomic E-state index is 12.0. The standard InChI is InChI=1S/C13H23NO3S/c1-9-3-5-10(6-4-9)12(15)14-11(13(16)17)7-8-18-2/h9-11H,3-8H2,1-2H3,(H,14,15)(H,16,17)/p-1/t9?,10?,11-/m1/s1. The third-order valence-electron chi connectivity index (χ3n) is 3.60. The van der Waals surface area contributed by atoms with Crippen LogP contribution in [0.15, 0.2) is 0 Å². The van der Waals surface area contributed by atoms with Crippen LogP contribution in [0.3, 0.4) is 0 Å². The summed E-state index contributed by atoms with van der Waals surface area (Å²) in [5.41, 5.74) is 0. The zero-order valence-electron chi connectivity index (χ0n) is 11.1. The monoisotopic (exact) mass is 272 g/mol. The van der Waals surface area contributed by atoms with Crippen molar-refractivity contribution in [2.45, 2.75) is 45.1 Å². The molecule has 0 saturated heterocycles. The second kappa shape index (κ2) is 7.67. The quantitative estimate of drug-likeness (QED) is 0.776. The van der Waals surface area contributed by atoms with E-state index in [1.54, 1.807) is 11.8 Å². The molecular formula is C13H22NO3S-. The molecule has 1 fully saturated rings. The number of amides is 1. The number of thioether (sulfide) groups is 1. The molecular weight excluding hydrogens is 250 g/mol. The summed E-state index contributed by atoms with van der Waals surface area (Å²) in [6.07, 6.45) is 6.19. The molecule has 4 nitrogen and oxygen atoms in total. The Morgan fingerprint density at radius 1 is 1.33 bits per heavy atom. The van der Waals surface area contributed by atoms with Crippen LogP contribution in [0.25, 0.3) is 0 Å². The van der Waals surface area contributed by atoms with E-state index in [2.05, 4.69) is 12.2 Å². The lowest BCUT2D eigenvalue weighted by Gasteiger charge is -2.27. The van der Waals surface area contributed by atoms with E-state index < -0.39 is 12.0 Å². The molecule has 0 aromatic rings. The molecule has 0 heterocycles. The molecule has 0 bridgehead atoms. The Balaban J connectivity index is 2.42. The van der Waals surface area contributed by atoms with Gasteiger partial charge in [-0.15, -0.1) is 0 Å². The molecule has 0 aromatic carbocycles. The van der Waals surface area contributed by atoms with Gasteiger partial charge in [0.1, 0.15) is 0 Å². The van der Waals surface area contributed by atoms with Crippen LogP contribution < -0.4 is 10.4 Å². The largest absolute Gasteiger partial charge is 0.548 e. The summed E-state index contributed by atoms with van der Waals surface area (Å²) in [5, 5.41) is 13.6. The van der Waals surface area contributed by atoms with Crippen molar-refractivity contribution in [3.63, 3.8) is 0 Å². The molecule has 18 heavy (non-hydrogen) atoms. The molecule has 0 radical (unpaired) electrons. The highest BCUT2D eigenvalue weighted by molar-refractivity contribution is 7.98. The van der Waals surface area contributed by atoms with Gasteiger partial charge in [0.15, 0.2) is 0 Å². The third-order valence-corrected chi connectivity index (χ3v) is 4.24.